The maximum atomic E-state index is 15.1. The van der Waals surface area contributed by atoms with Crippen molar-refractivity contribution in [2.24, 2.45) is 0 Å². The van der Waals surface area contributed by atoms with Crippen molar-refractivity contribution in [1.29, 1.82) is 0 Å². The van der Waals surface area contributed by atoms with E-state index in [0.717, 1.165) is 30.9 Å². The van der Waals surface area contributed by atoms with Crippen LogP contribution in [0.4, 0.5) is 22.0 Å². The molecule has 0 atom stereocenters. The number of benzene rings is 3. The quantitative estimate of drug-likeness (QED) is 0.364. The molecule has 1 nitrogen and oxygen atoms in total. The van der Waals surface area contributed by atoms with Crippen molar-refractivity contribution in [3.8, 4) is 22.3 Å². The first-order valence-electron chi connectivity index (χ1n) is 9.23. The molecule has 3 aromatic carbocycles. The van der Waals surface area contributed by atoms with E-state index in [2.05, 4.69) is 6.92 Å². The molecule has 0 bridgehead atoms. The number of aryl methyl sites for hydroxylation is 1. The maximum Gasteiger partial charge on any atom is 0.194 e. The van der Waals surface area contributed by atoms with Crippen molar-refractivity contribution in [3.63, 3.8) is 0 Å². The summed E-state index contributed by atoms with van der Waals surface area (Å²) in [4.78, 5) is 0. The molecule has 3 rings (SSSR count). The van der Waals surface area contributed by atoms with Crippen LogP contribution in [0.1, 0.15) is 30.9 Å². The molecule has 0 saturated heterocycles. The lowest BCUT2D eigenvalue weighted by molar-refractivity contribution is 0.269. The highest BCUT2D eigenvalue weighted by Crippen LogP contribution is 2.38. The Morgan fingerprint density at radius 3 is 1.93 bits per heavy atom. The van der Waals surface area contributed by atoms with Crippen LogP contribution >= 0.6 is 0 Å². The average molecular weight is 406 g/mol. The number of unbranched alkanes of at least 4 members (excludes halogenated alkanes) is 1. The highest BCUT2D eigenvalue weighted by molar-refractivity contribution is 5.84. The zero-order valence-corrected chi connectivity index (χ0v) is 15.7. The largest absolute Gasteiger partial charge is 0.391 e. The van der Waals surface area contributed by atoms with Gasteiger partial charge in [-0.15, -0.1) is 0 Å². The fourth-order valence-corrected chi connectivity index (χ4v) is 3.24. The number of aliphatic hydroxyl groups excluding tert-OH is 1. The van der Waals surface area contributed by atoms with Crippen molar-refractivity contribution in [3.05, 3.63) is 82.7 Å². The van der Waals surface area contributed by atoms with Gasteiger partial charge in [-0.2, -0.15) is 0 Å². The van der Waals surface area contributed by atoms with Gasteiger partial charge in [0.1, 0.15) is 11.6 Å². The second-order valence-corrected chi connectivity index (χ2v) is 6.79. The summed E-state index contributed by atoms with van der Waals surface area (Å²) in [7, 11) is 0. The Kier molecular flexibility index (Phi) is 6.33. The third-order valence-electron chi connectivity index (χ3n) is 4.83. The third-order valence-corrected chi connectivity index (χ3v) is 4.83. The predicted molar refractivity (Wildman–Crippen MR) is 102 cm³/mol. The maximum absolute atomic E-state index is 15.1. The van der Waals surface area contributed by atoms with Gasteiger partial charge in [-0.1, -0.05) is 37.6 Å². The molecule has 0 radical (unpaired) electrons. The lowest BCUT2D eigenvalue weighted by Gasteiger charge is -2.16. The average Bonchev–Trinajstić information content (AvgIpc) is 2.70. The van der Waals surface area contributed by atoms with Crippen molar-refractivity contribution in [2.45, 2.75) is 32.8 Å². The van der Waals surface area contributed by atoms with Crippen molar-refractivity contribution >= 4 is 0 Å². The summed E-state index contributed by atoms with van der Waals surface area (Å²) >= 11 is 0. The smallest absolute Gasteiger partial charge is 0.194 e. The topological polar surface area (TPSA) is 20.2 Å². The van der Waals surface area contributed by atoms with E-state index in [0.29, 0.717) is 17.7 Å². The summed E-state index contributed by atoms with van der Waals surface area (Å²) < 4.78 is 70.2. The Hall–Kier alpha value is -2.73. The minimum atomic E-state index is -1.66. The molecular formula is C23H19F5O. The van der Waals surface area contributed by atoms with Gasteiger partial charge >= 0.3 is 0 Å². The van der Waals surface area contributed by atoms with Crippen LogP contribution in [0.25, 0.3) is 22.3 Å². The van der Waals surface area contributed by atoms with Gasteiger partial charge in [0.2, 0.25) is 0 Å². The van der Waals surface area contributed by atoms with Crippen LogP contribution in [0.3, 0.4) is 0 Å². The lowest BCUT2D eigenvalue weighted by atomic mass is 9.91. The van der Waals surface area contributed by atoms with Crippen LogP contribution in [0, 0.1) is 29.1 Å². The van der Waals surface area contributed by atoms with Crippen LogP contribution in [-0.2, 0) is 13.0 Å². The van der Waals surface area contributed by atoms with E-state index in [1.807, 2.05) is 0 Å². The summed E-state index contributed by atoms with van der Waals surface area (Å²) in [5, 5.41) is 9.35. The van der Waals surface area contributed by atoms with Crippen LogP contribution < -0.4 is 0 Å². The summed E-state index contributed by atoms with van der Waals surface area (Å²) in [5.41, 5.74) is 0.341. The van der Waals surface area contributed by atoms with Crippen molar-refractivity contribution < 1.29 is 27.1 Å². The minimum absolute atomic E-state index is 0.122. The van der Waals surface area contributed by atoms with Crippen molar-refractivity contribution in [2.75, 3.05) is 0 Å². The van der Waals surface area contributed by atoms with Gasteiger partial charge in [-0.05, 0) is 53.3 Å². The molecule has 6 heteroatoms. The fourth-order valence-electron chi connectivity index (χ4n) is 3.24. The molecule has 29 heavy (non-hydrogen) atoms. The van der Waals surface area contributed by atoms with Gasteiger partial charge in [-0.3, -0.25) is 0 Å². The first kappa shape index (κ1) is 21.0. The van der Waals surface area contributed by atoms with E-state index in [1.165, 1.54) is 0 Å². The molecule has 0 heterocycles. The zero-order chi connectivity index (χ0) is 21.1. The molecule has 0 unspecified atom stereocenters. The molecule has 1 N–H and O–H groups in total. The molecule has 0 aliphatic heterocycles. The molecule has 0 spiro atoms. The Morgan fingerprint density at radius 1 is 0.759 bits per heavy atom. The molecule has 0 amide bonds. The molecule has 3 aromatic rings. The summed E-state index contributed by atoms with van der Waals surface area (Å²) in [6.45, 7) is 1.18. The predicted octanol–water partition coefficient (Wildman–Crippen LogP) is 6.55. The van der Waals surface area contributed by atoms with Crippen molar-refractivity contribution in [1.82, 2.24) is 0 Å². The first-order chi connectivity index (χ1) is 13.9. The molecule has 0 saturated carbocycles. The second-order valence-electron chi connectivity index (χ2n) is 6.79. The minimum Gasteiger partial charge on any atom is -0.391 e. The molecule has 0 aliphatic rings. The summed E-state index contributed by atoms with van der Waals surface area (Å²) in [6, 6.07) is 9.10. The number of rotatable bonds is 6. The Morgan fingerprint density at radius 2 is 1.38 bits per heavy atom. The number of hydrogen-bond acceptors (Lipinski definition) is 1. The highest BCUT2D eigenvalue weighted by Gasteiger charge is 2.22. The van der Waals surface area contributed by atoms with Crippen LogP contribution in [0.15, 0.2) is 42.5 Å². The molecule has 0 aliphatic carbocycles. The Balaban J connectivity index is 2.22. The van der Waals surface area contributed by atoms with Gasteiger partial charge in [0.05, 0.1) is 6.61 Å². The second kappa shape index (κ2) is 8.74. The fraction of sp³-hybridized carbons (Fsp3) is 0.217. The Bertz CT molecular complexity index is 1010. The van der Waals surface area contributed by atoms with Crippen LogP contribution in [0.2, 0.25) is 0 Å². The highest BCUT2D eigenvalue weighted by atomic mass is 19.2. The molecule has 0 fully saturated rings. The van der Waals surface area contributed by atoms with Gasteiger partial charge in [0.15, 0.2) is 17.5 Å². The SMILES string of the molecule is CCCCc1ccc(-c2c(-c3cc(F)c(F)c(F)c3)cc(F)c(CO)c2F)cc1. The molecule has 152 valence electrons. The summed E-state index contributed by atoms with van der Waals surface area (Å²) in [5.74, 6) is -6.69. The van der Waals surface area contributed by atoms with Gasteiger partial charge < -0.3 is 5.11 Å². The molecule has 0 aromatic heterocycles. The van der Waals surface area contributed by atoms with Crippen LogP contribution in [-0.4, -0.2) is 5.11 Å². The summed E-state index contributed by atoms with van der Waals surface area (Å²) in [6.07, 6.45) is 2.84. The first-order valence-corrected chi connectivity index (χ1v) is 9.23. The van der Waals surface area contributed by atoms with Gasteiger partial charge in [0.25, 0.3) is 0 Å². The van der Waals surface area contributed by atoms with Crippen LogP contribution in [0.5, 0.6) is 0 Å². The number of halogens is 5. The molecular weight excluding hydrogens is 387 g/mol. The number of aliphatic hydroxyl groups is 1. The van der Waals surface area contributed by atoms with E-state index in [1.54, 1.807) is 24.3 Å². The Labute approximate surface area is 165 Å². The van der Waals surface area contributed by atoms with E-state index >= 15 is 4.39 Å². The van der Waals surface area contributed by atoms with E-state index < -0.39 is 41.3 Å². The lowest BCUT2D eigenvalue weighted by Crippen LogP contribution is -2.02. The number of hydrogen-bond donors (Lipinski definition) is 1. The standard InChI is InChI=1S/C23H19F5O/c1-2-3-4-13-5-7-14(8-6-13)21-16(11-18(24)17(12-29)22(21)27)15-9-19(25)23(28)20(26)10-15/h5-11,29H,2-4,12H2,1H3. The van der Waals surface area contributed by atoms with E-state index in [-0.39, 0.29) is 16.7 Å². The normalized spacial score (nSPS) is 11.1. The zero-order valence-electron chi connectivity index (χ0n) is 15.7. The monoisotopic (exact) mass is 406 g/mol. The van der Waals surface area contributed by atoms with Gasteiger partial charge in [-0.25, -0.2) is 22.0 Å². The van der Waals surface area contributed by atoms with Gasteiger partial charge in [0, 0.05) is 11.1 Å². The van der Waals surface area contributed by atoms with E-state index in [9.17, 15) is 22.7 Å². The third kappa shape index (κ3) is 4.17. The van der Waals surface area contributed by atoms with E-state index in [4.69, 9.17) is 0 Å².